The molecule has 8 nitrogen and oxygen atoms in total. The highest BCUT2D eigenvalue weighted by atomic mass is 16.6. The minimum absolute atomic E-state index is 0.0180. The number of carbonyl (C=O) groups is 1. The highest BCUT2D eigenvalue weighted by Gasteiger charge is 2.22. The number of carbonyl (C=O) groups excluding carboxylic acids is 1. The number of Topliss-reactive ketones (excluding diaryl/α,β-unsaturated/α-hetero) is 1. The van der Waals surface area contributed by atoms with Crippen molar-refractivity contribution in [2.24, 2.45) is 0 Å². The lowest BCUT2D eigenvalue weighted by atomic mass is 10.1. The smallest absolute Gasteiger partial charge is 0.406 e. The lowest BCUT2D eigenvalue weighted by molar-refractivity contribution is -0.390. The molecule has 0 saturated heterocycles. The Hall–Kier alpha value is -2.74. The highest BCUT2D eigenvalue weighted by molar-refractivity contribution is 5.98. The average Bonchev–Trinajstić information content (AvgIpc) is 2.88. The Kier molecular flexibility index (Phi) is 6.10. The second-order valence-corrected chi connectivity index (χ2v) is 6.20. The second kappa shape index (κ2) is 8.09. The summed E-state index contributed by atoms with van der Waals surface area (Å²) in [4.78, 5) is 26.9. The first-order valence-corrected chi connectivity index (χ1v) is 8.21. The summed E-state index contributed by atoms with van der Waals surface area (Å²) in [5.41, 5.74) is 2.80. The fourth-order valence-electron chi connectivity index (χ4n) is 3.05. The van der Waals surface area contributed by atoms with Gasteiger partial charge < -0.3 is 24.2 Å². The van der Waals surface area contributed by atoms with E-state index in [9.17, 15) is 14.9 Å². The molecule has 8 heteroatoms. The third-order valence-electron chi connectivity index (χ3n) is 4.14. The highest BCUT2D eigenvalue weighted by Crippen LogP contribution is 2.25. The maximum Gasteiger partial charge on any atom is 0.406 e. The van der Waals surface area contributed by atoms with Gasteiger partial charge in [-0.3, -0.25) is 4.79 Å². The van der Waals surface area contributed by atoms with Gasteiger partial charge in [0.25, 0.3) is 0 Å². The number of hydrogen-bond donors (Lipinski definition) is 0. The number of aryl methyl sites for hydroxylation is 2. The molecule has 0 aliphatic carbocycles. The van der Waals surface area contributed by atoms with Crippen LogP contribution in [0, 0.1) is 30.9 Å². The first-order valence-electron chi connectivity index (χ1n) is 8.21. The minimum atomic E-state index is -0.620. The number of ketones is 1. The Morgan fingerprint density at radius 3 is 2.65 bits per heavy atom. The molecule has 0 radical (unpaired) electrons. The quantitative estimate of drug-likeness (QED) is 0.407. The molecule has 0 aliphatic rings. The van der Waals surface area contributed by atoms with E-state index in [0.717, 1.165) is 11.4 Å². The maximum atomic E-state index is 12.6. The third-order valence-corrected chi connectivity index (χ3v) is 4.14. The fourth-order valence-corrected chi connectivity index (χ4v) is 3.05. The molecule has 1 atom stereocenters. The number of hydrogen-bond acceptors (Lipinski definition) is 6. The average molecular weight is 361 g/mol. The molecule has 0 spiro atoms. The van der Waals surface area contributed by atoms with Crippen molar-refractivity contribution >= 4 is 11.6 Å². The monoisotopic (exact) mass is 361 g/mol. The zero-order valence-corrected chi connectivity index (χ0v) is 15.6. The van der Waals surface area contributed by atoms with Gasteiger partial charge in [-0.15, -0.1) is 0 Å². The Balaban J connectivity index is 2.19. The van der Waals surface area contributed by atoms with Gasteiger partial charge in [-0.2, -0.15) is 0 Å². The number of methoxy groups -OCH3 is 1. The molecular formula is C18H23N3O5. The van der Waals surface area contributed by atoms with Gasteiger partial charge in [0.1, 0.15) is 5.69 Å². The summed E-state index contributed by atoms with van der Waals surface area (Å²) in [6.07, 6.45) is 0. The van der Waals surface area contributed by atoms with Gasteiger partial charge >= 0.3 is 5.82 Å². The van der Waals surface area contributed by atoms with Gasteiger partial charge in [-0.1, -0.05) is 0 Å². The Morgan fingerprint density at radius 2 is 2.04 bits per heavy atom. The van der Waals surface area contributed by atoms with Crippen LogP contribution in [0.2, 0.25) is 0 Å². The maximum absolute atomic E-state index is 12.6. The van der Waals surface area contributed by atoms with E-state index < -0.39 is 10.7 Å². The van der Waals surface area contributed by atoms with E-state index in [1.807, 2.05) is 25.3 Å². The van der Waals surface area contributed by atoms with E-state index in [0.29, 0.717) is 17.9 Å². The van der Waals surface area contributed by atoms with Crippen molar-refractivity contribution < 1.29 is 19.2 Å². The zero-order chi connectivity index (χ0) is 19.4. The standard InChI is InChI=1S/C18H23N3O5/c1-11-6-7-17(18(19-11)21(23)24)26-10-16(22)15-8-12(2)20(14(15)4)13(3)9-25-5/h6-8,13H,9-10H2,1-5H3. The van der Waals surface area contributed by atoms with Crippen molar-refractivity contribution in [3.8, 4) is 5.75 Å². The van der Waals surface area contributed by atoms with Crippen molar-refractivity contribution in [3.63, 3.8) is 0 Å². The molecule has 140 valence electrons. The SMILES string of the molecule is COCC(C)n1c(C)cc(C(=O)COc2ccc(C)nc2[N+](=O)[O-])c1C. The van der Waals surface area contributed by atoms with Gasteiger partial charge in [0.2, 0.25) is 11.5 Å². The van der Waals surface area contributed by atoms with Crippen LogP contribution >= 0.6 is 0 Å². The number of nitrogens with zero attached hydrogens (tertiary/aromatic N) is 3. The second-order valence-electron chi connectivity index (χ2n) is 6.20. The van der Waals surface area contributed by atoms with E-state index in [-0.39, 0.29) is 24.2 Å². The Morgan fingerprint density at radius 1 is 1.35 bits per heavy atom. The van der Waals surface area contributed by atoms with Crippen molar-refractivity contribution in [1.82, 2.24) is 9.55 Å². The lowest BCUT2D eigenvalue weighted by Gasteiger charge is -2.17. The number of aromatic nitrogens is 2. The van der Waals surface area contributed by atoms with E-state index in [4.69, 9.17) is 9.47 Å². The molecule has 0 bridgehead atoms. The van der Waals surface area contributed by atoms with E-state index in [1.54, 1.807) is 26.2 Å². The first kappa shape index (κ1) is 19.6. The molecule has 26 heavy (non-hydrogen) atoms. The molecule has 2 aromatic heterocycles. The molecule has 0 fully saturated rings. The fraction of sp³-hybridized carbons (Fsp3) is 0.444. The van der Waals surface area contributed by atoms with Crippen LogP contribution in [0.5, 0.6) is 5.75 Å². The summed E-state index contributed by atoms with van der Waals surface area (Å²) >= 11 is 0. The molecule has 0 saturated carbocycles. The van der Waals surface area contributed by atoms with Gasteiger partial charge in [0, 0.05) is 31.0 Å². The summed E-state index contributed by atoms with van der Waals surface area (Å²) in [5.74, 6) is -0.656. The predicted molar refractivity (Wildman–Crippen MR) is 95.9 cm³/mol. The van der Waals surface area contributed by atoms with Crippen molar-refractivity contribution in [2.75, 3.05) is 20.3 Å². The molecule has 1 unspecified atom stereocenters. The molecule has 2 rings (SSSR count). The minimum Gasteiger partial charge on any atom is -0.477 e. The molecular weight excluding hydrogens is 338 g/mol. The van der Waals surface area contributed by atoms with Crippen molar-refractivity contribution in [1.29, 1.82) is 0 Å². The van der Waals surface area contributed by atoms with Crippen LogP contribution in [0.1, 0.15) is 40.4 Å². The molecule has 0 N–H and O–H groups in total. The van der Waals surface area contributed by atoms with Crippen LogP contribution in [-0.4, -0.2) is 40.6 Å². The van der Waals surface area contributed by atoms with Crippen LogP contribution < -0.4 is 4.74 Å². The summed E-state index contributed by atoms with van der Waals surface area (Å²) < 4.78 is 12.6. The topological polar surface area (TPSA) is 96.5 Å². The van der Waals surface area contributed by atoms with E-state index in [2.05, 4.69) is 4.98 Å². The number of rotatable bonds is 8. The largest absolute Gasteiger partial charge is 0.477 e. The van der Waals surface area contributed by atoms with Crippen LogP contribution in [0.15, 0.2) is 18.2 Å². The number of pyridine rings is 1. The van der Waals surface area contributed by atoms with Gasteiger partial charge in [0.15, 0.2) is 6.61 Å². The Labute approximate surface area is 151 Å². The van der Waals surface area contributed by atoms with Crippen molar-refractivity contribution in [2.45, 2.75) is 33.7 Å². The van der Waals surface area contributed by atoms with E-state index >= 15 is 0 Å². The summed E-state index contributed by atoms with van der Waals surface area (Å²) in [7, 11) is 1.63. The van der Waals surface area contributed by atoms with Gasteiger partial charge in [0.05, 0.1) is 12.6 Å². The molecule has 2 heterocycles. The van der Waals surface area contributed by atoms with Gasteiger partial charge in [-0.05, 0) is 48.9 Å². The molecule has 0 aromatic carbocycles. The molecule has 0 amide bonds. The number of nitro groups is 1. The van der Waals surface area contributed by atoms with E-state index in [1.165, 1.54) is 6.07 Å². The first-order chi connectivity index (χ1) is 12.3. The van der Waals surface area contributed by atoms with Crippen LogP contribution in [0.25, 0.3) is 0 Å². The summed E-state index contributed by atoms with van der Waals surface area (Å²) in [6, 6.07) is 4.95. The van der Waals surface area contributed by atoms with Crippen LogP contribution in [-0.2, 0) is 4.74 Å². The zero-order valence-electron chi connectivity index (χ0n) is 15.6. The molecule has 2 aromatic rings. The normalized spacial score (nSPS) is 12.0. The molecule has 0 aliphatic heterocycles. The van der Waals surface area contributed by atoms with Gasteiger partial charge in [-0.25, -0.2) is 0 Å². The lowest BCUT2D eigenvalue weighted by Crippen LogP contribution is -2.16. The predicted octanol–water partition coefficient (Wildman–Crippen LogP) is 3.19. The van der Waals surface area contributed by atoms with Crippen molar-refractivity contribution in [3.05, 3.63) is 51.0 Å². The summed E-state index contributed by atoms with van der Waals surface area (Å²) in [5, 5.41) is 11.1. The van der Waals surface area contributed by atoms with Crippen LogP contribution in [0.3, 0.4) is 0 Å². The Bertz CT molecular complexity index is 828. The third kappa shape index (κ3) is 4.08. The summed E-state index contributed by atoms with van der Waals surface area (Å²) in [6.45, 7) is 7.68. The van der Waals surface area contributed by atoms with Crippen LogP contribution in [0.4, 0.5) is 5.82 Å². The number of ether oxygens (including phenoxy) is 2.